The van der Waals surface area contributed by atoms with E-state index in [1.165, 1.54) is 5.56 Å². The topological polar surface area (TPSA) is 64.1 Å². The molecule has 0 aliphatic heterocycles. The molecule has 0 aliphatic rings. The van der Waals surface area contributed by atoms with Gasteiger partial charge in [-0.25, -0.2) is 0 Å². The third-order valence-electron chi connectivity index (χ3n) is 3.69. The molecule has 4 nitrogen and oxygen atoms in total. The van der Waals surface area contributed by atoms with Crippen molar-refractivity contribution < 1.29 is 5.11 Å². The first-order chi connectivity index (χ1) is 9.02. The Morgan fingerprint density at radius 3 is 2.32 bits per heavy atom. The van der Waals surface area contributed by atoms with Crippen LogP contribution in [0.1, 0.15) is 34.2 Å². The molecule has 1 aromatic carbocycles. The van der Waals surface area contributed by atoms with Crippen LogP contribution in [-0.2, 0) is 13.1 Å². The fourth-order valence-corrected chi connectivity index (χ4v) is 2.11. The zero-order valence-corrected chi connectivity index (χ0v) is 11.7. The van der Waals surface area contributed by atoms with Crippen molar-refractivity contribution in [2.45, 2.75) is 40.0 Å². The Kier molecular flexibility index (Phi) is 4.02. The number of aryl methyl sites for hydroxylation is 1. The minimum Gasteiger partial charge on any atom is -0.386 e. The highest BCUT2D eigenvalue weighted by molar-refractivity contribution is 5.25. The summed E-state index contributed by atoms with van der Waals surface area (Å²) in [6.07, 6.45) is -0.552. The fourth-order valence-electron chi connectivity index (χ4n) is 2.11. The summed E-state index contributed by atoms with van der Waals surface area (Å²) in [7, 11) is 0. The molecule has 0 saturated carbocycles. The van der Waals surface area contributed by atoms with Crippen LogP contribution in [-0.4, -0.2) is 14.9 Å². The lowest BCUT2D eigenvalue weighted by atomic mass is 10.1. The van der Waals surface area contributed by atoms with Crippen LogP contribution in [0.3, 0.4) is 0 Å². The van der Waals surface area contributed by atoms with E-state index in [1.54, 1.807) is 0 Å². The normalized spacial score (nSPS) is 12.7. The van der Waals surface area contributed by atoms with E-state index >= 15 is 0 Å². The van der Waals surface area contributed by atoms with Crippen LogP contribution >= 0.6 is 0 Å². The number of hydrogen-bond acceptors (Lipinski definition) is 3. The number of hydrogen-bond donors (Lipinski definition) is 2. The SMILES string of the molecule is Cc1nn(CC(O)c2ccc(CN)cc2)c(C)c1C. The molecule has 0 saturated heterocycles. The Morgan fingerprint density at radius 1 is 1.21 bits per heavy atom. The lowest BCUT2D eigenvalue weighted by molar-refractivity contribution is 0.150. The molecule has 1 aromatic heterocycles. The number of nitrogens with zero attached hydrogens (tertiary/aromatic N) is 2. The third-order valence-corrected chi connectivity index (χ3v) is 3.69. The first-order valence-electron chi connectivity index (χ1n) is 6.50. The molecule has 1 heterocycles. The van der Waals surface area contributed by atoms with Crippen LogP contribution < -0.4 is 5.73 Å². The molecule has 4 heteroatoms. The van der Waals surface area contributed by atoms with Gasteiger partial charge >= 0.3 is 0 Å². The smallest absolute Gasteiger partial charge is 0.0985 e. The van der Waals surface area contributed by atoms with E-state index in [0.29, 0.717) is 13.1 Å². The Hall–Kier alpha value is -1.65. The second kappa shape index (κ2) is 5.55. The van der Waals surface area contributed by atoms with Gasteiger partial charge < -0.3 is 10.8 Å². The molecule has 0 amide bonds. The average Bonchev–Trinajstić information content (AvgIpc) is 2.66. The van der Waals surface area contributed by atoms with E-state index in [4.69, 9.17) is 5.73 Å². The highest BCUT2D eigenvalue weighted by Gasteiger charge is 2.13. The first-order valence-corrected chi connectivity index (χ1v) is 6.50. The van der Waals surface area contributed by atoms with Crippen molar-refractivity contribution in [1.29, 1.82) is 0 Å². The second-order valence-corrected chi connectivity index (χ2v) is 4.94. The van der Waals surface area contributed by atoms with Crippen LogP contribution in [0.15, 0.2) is 24.3 Å². The van der Waals surface area contributed by atoms with Crippen molar-refractivity contribution in [3.8, 4) is 0 Å². The lowest BCUT2D eigenvalue weighted by Gasteiger charge is -2.13. The fraction of sp³-hybridized carbons (Fsp3) is 0.400. The zero-order chi connectivity index (χ0) is 14.0. The van der Waals surface area contributed by atoms with Gasteiger partial charge in [-0.1, -0.05) is 24.3 Å². The number of nitrogens with two attached hydrogens (primary N) is 1. The van der Waals surface area contributed by atoms with Crippen molar-refractivity contribution in [3.05, 3.63) is 52.3 Å². The molecule has 19 heavy (non-hydrogen) atoms. The summed E-state index contributed by atoms with van der Waals surface area (Å²) in [5.41, 5.74) is 10.8. The highest BCUT2D eigenvalue weighted by atomic mass is 16.3. The van der Waals surface area contributed by atoms with Crippen molar-refractivity contribution in [2.24, 2.45) is 5.73 Å². The maximum absolute atomic E-state index is 10.3. The van der Waals surface area contributed by atoms with Gasteiger partial charge in [-0.2, -0.15) is 5.10 Å². The monoisotopic (exact) mass is 259 g/mol. The molecule has 0 aliphatic carbocycles. The van der Waals surface area contributed by atoms with E-state index in [9.17, 15) is 5.11 Å². The average molecular weight is 259 g/mol. The van der Waals surface area contributed by atoms with Gasteiger partial charge in [0.2, 0.25) is 0 Å². The zero-order valence-electron chi connectivity index (χ0n) is 11.7. The first kappa shape index (κ1) is 13.8. The third kappa shape index (κ3) is 2.85. The summed E-state index contributed by atoms with van der Waals surface area (Å²) < 4.78 is 1.87. The molecule has 0 radical (unpaired) electrons. The van der Waals surface area contributed by atoms with E-state index in [2.05, 4.69) is 12.0 Å². The maximum Gasteiger partial charge on any atom is 0.0985 e. The Labute approximate surface area is 113 Å². The Morgan fingerprint density at radius 2 is 1.84 bits per heavy atom. The van der Waals surface area contributed by atoms with E-state index < -0.39 is 6.10 Å². The molecular weight excluding hydrogens is 238 g/mol. The van der Waals surface area contributed by atoms with Crippen molar-refractivity contribution in [1.82, 2.24) is 9.78 Å². The van der Waals surface area contributed by atoms with Crippen molar-refractivity contribution in [3.63, 3.8) is 0 Å². The van der Waals surface area contributed by atoms with Crippen molar-refractivity contribution >= 4 is 0 Å². The molecule has 0 fully saturated rings. The summed E-state index contributed by atoms with van der Waals surface area (Å²) >= 11 is 0. The highest BCUT2D eigenvalue weighted by Crippen LogP contribution is 2.18. The van der Waals surface area contributed by atoms with Gasteiger partial charge in [-0.15, -0.1) is 0 Å². The van der Waals surface area contributed by atoms with Crippen LogP contribution in [0, 0.1) is 20.8 Å². The standard InChI is InChI=1S/C15H21N3O/c1-10-11(2)17-18(12(10)3)9-15(19)14-6-4-13(8-16)5-7-14/h4-7,15,19H,8-9,16H2,1-3H3. The molecule has 3 N–H and O–H groups in total. The van der Waals surface area contributed by atoms with Crippen LogP contribution in [0.2, 0.25) is 0 Å². The Balaban J connectivity index is 2.15. The molecule has 1 atom stereocenters. The summed E-state index contributed by atoms with van der Waals surface area (Å²) in [4.78, 5) is 0. The molecule has 2 aromatic rings. The van der Waals surface area contributed by atoms with Gasteiger partial charge in [0.1, 0.15) is 0 Å². The minimum absolute atomic E-state index is 0.475. The molecule has 0 bridgehead atoms. The van der Waals surface area contributed by atoms with E-state index in [1.807, 2.05) is 42.8 Å². The second-order valence-electron chi connectivity index (χ2n) is 4.94. The van der Waals surface area contributed by atoms with E-state index in [-0.39, 0.29) is 0 Å². The predicted octanol–water partition coefficient (Wildman–Crippen LogP) is 2.00. The molecule has 2 rings (SSSR count). The van der Waals surface area contributed by atoms with Crippen LogP contribution in [0.5, 0.6) is 0 Å². The predicted molar refractivity (Wildman–Crippen MR) is 75.7 cm³/mol. The van der Waals surface area contributed by atoms with Gasteiger partial charge in [0.15, 0.2) is 0 Å². The van der Waals surface area contributed by atoms with Crippen molar-refractivity contribution in [2.75, 3.05) is 0 Å². The summed E-state index contributed by atoms with van der Waals surface area (Å²) in [6, 6.07) is 7.74. The molecule has 0 spiro atoms. The van der Waals surface area contributed by atoms with Gasteiger partial charge in [0.05, 0.1) is 18.3 Å². The number of aliphatic hydroxyl groups is 1. The minimum atomic E-state index is -0.552. The lowest BCUT2D eigenvalue weighted by Crippen LogP contribution is -2.11. The van der Waals surface area contributed by atoms with Crippen LogP contribution in [0.25, 0.3) is 0 Å². The quantitative estimate of drug-likeness (QED) is 0.882. The number of benzene rings is 1. The van der Waals surface area contributed by atoms with Gasteiger partial charge in [0, 0.05) is 12.2 Å². The molecule has 1 unspecified atom stereocenters. The number of rotatable bonds is 4. The van der Waals surface area contributed by atoms with E-state index in [0.717, 1.165) is 22.5 Å². The maximum atomic E-state index is 10.3. The number of aromatic nitrogens is 2. The summed E-state index contributed by atoms with van der Waals surface area (Å²) in [5, 5.41) is 14.7. The molecular formula is C15H21N3O. The summed E-state index contributed by atoms with van der Waals surface area (Å²) in [5.74, 6) is 0. The molecule has 102 valence electrons. The largest absolute Gasteiger partial charge is 0.386 e. The number of aliphatic hydroxyl groups excluding tert-OH is 1. The van der Waals surface area contributed by atoms with Gasteiger partial charge in [-0.3, -0.25) is 4.68 Å². The Bertz CT molecular complexity index is 558. The van der Waals surface area contributed by atoms with Gasteiger partial charge in [0.25, 0.3) is 0 Å². The summed E-state index contributed by atoms with van der Waals surface area (Å²) in [6.45, 7) is 7.06. The van der Waals surface area contributed by atoms with Gasteiger partial charge in [-0.05, 0) is 37.5 Å². The van der Waals surface area contributed by atoms with Crippen LogP contribution in [0.4, 0.5) is 0 Å².